The number of nitrogens with zero attached hydrogens (tertiary/aromatic N) is 2. The van der Waals surface area contributed by atoms with Gasteiger partial charge in [-0.25, -0.2) is 17.5 Å². The number of alkyl halides is 1. The fraction of sp³-hybridized carbons (Fsp3) is 0.600. The number of halogens is 1. The van der Waals surface area contributed by atoms with Gasteiger partial charge in [0.15, 0.2) is 0 Å². The van der Waals surface area contributed by atoms with Crippen LogP contribution in [0, 0.1) is 12.3 Å². The monoisotopic (exact) mass is 275 g/mol. The van der Waals surface area contributed by atoms with Gasteiger partial charge in [0.05, 0.1) is 11.1 Å². The smallest absolute Gasteiger partial charge is 0.267 e. The first-order valence-electron chi connectivity index (χ1n) is 5.38. The third kappa shape index (κ3) is 2.00. The number of carbonyl (C=O) groups is 1. The van der Waals surface area contributed by atoms with Gasteiger partial charge in [0.2, 0.25) is 5.91 Å². The van der Waals surface area contributed by atoms with E-state index in [9.17, 15) is 17.6 Å². The van der Waals surface area contributed by atoms with E-state index in [1.165, 1.54) is 24.7 Å². The summed E-state index contributed by atoms with van der Waals surface area (Å²) in [6.45, 7) is 2.93. The maximum atomic E-state index is 13.0. The first kappa shape index (κ1) is 13.0. The zero-order valence-corrected chi connectivity index (χ0v) is 11.1. The summed E-state index contributed by atoms with van der Waals surface area (Å²) in [6, 6.07) is 0. The summed E-state index contributed by atoms with van der Waals surface area (Å²) in [5.41, 5.74) is -0.932. The highest BCUT2D eigenvalue weighted by Crippen LogP contribution is 2.48. The Labute approximate surface area is 104 Å². The molecule has 0 aromatic carbocycles. The first-order valence-corrected chi connectivity index (χ1v) is 6.87. The van der Waals surface area contributed by atoms with Crippen LogP contribution < -0.4 is 4.72 Å². The molecule has 1 N–H and O–H groups in total. The van der Waals surface area contributed by atoms with Gasteiger partial charge in [-0.05, 0) is 20.3 Å². The predicted molar refractivity (Wildman–Crippen MR) is 60.9 cm³/mol. The van der Waals surface area contributed by atoms with Crippen LogP contribution in [0.4, 0.5) is 4.39 Å². The van der Waals surface area contributed by atoms with Crippen molar-refractivity contribution in [2.45, 2.75) is 31.3 Å². The maximum Gasteiger partial charge on any atom is 0.267 e. The van der Waals surface area contributed by atoms with Crippen molar-refractivity contribution in [3.8, 4) is 0 Å². The summed E-state index contributed by atoms with van der Waals surface area (Å²) < 4.78 is 40.1. The molecule has 1 aromatic heterocycles. The number of hydrogen-bond donors (Lipinski definition) is 1. The third-order valence-electron chi connectivity index (χ3n) is 3.14. The van der Waals surface area contributed by atoms with Gasteiger partial charge in [0.1, 0.15) is 11.1 Å². The average Bonchev–Trinajstić information content (AvgIpc) is 2.67. The Balaban J connectivity index is 2.23. The quantitative estimate of drug-likeness (QED) is 0.859. The molecule has 6 nitrogen and oxygen atoms in total. The topological polar surface area (TPSA) is 81.1 Å². The van der Waals surface area contributed by atoms with Gasteiger partial charge in [0.25, 0.3) is 10.0 Å². The Morgan fingerprint density at radius 1 is 1.67 bits per heavy atom. The van der Waals surface area contributed by atoms with Crippen molar-refractivity contribution in [1.82, 2.24) is 14.5 Å². The molecule has 1 fully saturated rings. The molecule has 8 heteroatoms. The minimum Gasteiger partial charge on any atom is -0.274 e. The van der Waals surface area contributed by atoms with Gasteiger partial charge < -0.3 is 0 Å². The molecule has 0 saturated heterocycles. The molecule has 1 heterocycles. The third-order valence-corrected chi connectivity index (χ3v) is 4.57. The number of aryl methyl sites for hydroxylation is 2. The highest BCUT2D eigenvalue weighted by Gasteiger charge is 2.58. The molecule has 1 aromatic rings. The molecule has 1 aliphatic rings. The van der Waals surface area contributed by atoms with E-state index in [1.807, 2.05) is 4.72 Å². The Morgan fingerprint density at radius 3 is 2.61 bits per heavy atom. The number of nitrogens with one attached hydrogen (secondary N) is 1. The summed E-state index contributed by atoms with van der Waals surface area (Å²) in [5.74, 6) is -0.807. The largest absolute Gasteiger partial charge is 0.274 e. The van der Waals surface area contributed by atoms with Crippen molar-refractivity contribution in [3.05, 3.63) is 11.9 Å². The lowest BCUT2D eigenvalue weighted by atomic mass is 10.1. The van der Waals surface area contributed by atoms with Crippen LogP contribution in [0.25, 0.3) is 0 Å². The van der Waals surface area contributed by atoms with Crippen LogP contribution in [-0.2, 0) is 21.9 Å². The van der Waals surface area contributed by atoms with Gasteiger partial charge in [-0.3, -0.25) is 9.48 Å². The van der Waals surface area contributed by atoms with Crippen LogP contribution >= 0.6 is 0 Å². The highest BCUT2D eigenvalue weighted by atomic mass is 32.2. The van der Waals surface area contributed by atoms with Crippen molar-refractivity contribution >= 4 is 15.9 Å². The molecule has 100 valence electrons. The average molecular weight is 275 g/mol. The SMILES string of the molecule is Cc1nn(C)cc1S(=O)(=O)NC(=O)C1(C)CC1F. The fourth-order valence-electron chi connectivity index (χ4n) is 1.68. The molecule has 0 bridgehead atoms. The number of aromatic nitrogens is 2. The van der Waals surface area contributed by atoms with Crippen LogP contribution in [0.15, 0.2) is 11.1 Å². The zero-order valence-electron chi connectivity index (χ0n) is 10.3. The van der Waals surface area contributed by atoms with E-state index in [1.54, 1.807) is 7.05 Å². The van der Waals surface area contributed by atoms with Crippen molar-refractivity contribution in [3.63, 3.8) is 0 Å². The van der Waals surface area contributed by atoms with Crippen molar-refractivity contribution in [2.24, 2.45) is 12.5 Å². The number of amides is 1. The molecule has 1 aliphatic carbocycles. The summed E-state index contributed by atoms with van der Waals surface area (Å²) >= 11 is 0. The van der Waals surface area contributed by atoms with Crippen LogP contribution in [0.3, 0.4) is 0 Å². The normalized spacial score (nSPS) is 27.0. The molecule has 0 radical (unpaired) electrons. The summed E-state index contributed by atoms with van der Waals surface area (Å²) in [4.78, 5) is 11.6. The van der Waals surface area contributed by atoms with E-state index in [2.05, 4.69) is 5.10 Å². The summed E-state index contributed by atoms with van der Waals surface area (Å²) in [7, 11) is -2.41. The number of carbonyl (C=O) groups excluding carboxylic acids is 1. The van der Waals surface area contributed by atoms with Crippen LogP contribution in [-0.4, -0.2) is 30.3 Å². The second-order valence-corrected chi connectivity index (χ2v) is 6.43. The Morgan fingerprint density at radius 2 is 2.22 bits per heavy atom. The molecule has 2 rings (SSSR count). The van der Waals surface area contributed by atoms with Crippen molar-refractivity contribution < 1.29 is 17.6 Å². The lowest BCUT2D eigenvalue weighted by Gasteiger charge is -2.09. The minimum absolute atomic E-state index is 0.0559. The molecule has 2 unspecified atom stereocenters. The van der Waals surface area contributed by atoms with Gasteiger partial charge in [-0.1, -0.05) is 0 Å². The number of sulfonamides is 1. The van der Waals surface area contributed by atoms with Gasteiger partial charge in [-0.2, -0.15) is 5.10 Å². The second-order valence-electron chi connectivity index (χ2n) is 4.78. The molecule has 1 saturated carbocycles. The Kier molecular flexibility index (Phi) is 2.73. The van der Waals surface area contributed by atoms with E-state index >= 15 is 0 Å². The summed E-state index contributed by atoms with van der Waals surface area (Å²) in [6.07, 6.45) is 0.0794. The Bertz CT molecular complexity index is 610. The van der Waals surface area contributed by atoms with Crippen molar-refractivity contribution in [1.29, 1.82) is 0 Å². The summed E-state index contributed by atoms with van der Waals surface area (Å²) in [5, 5.41) is 3.89. The second kappa shape index (κ2) is 3.78. The van der Waals surface area contributed by atoms with E-state index in [0.29, 0.717) is 0 Å². The van der Waals surface area contributed by atoms with Gasteiger partial charge in [0, 0.05) is 13.2 Å². The van der Waals surface area contributed by atoms with Crippen molar-refractivity contribution in [2.75, 3.05) is 0 Å². The minimum atomic E-state index is -3.99. The van der Waals surface area contributed by atoms with Gasteiger partial charge in [-0.15, -0.1) is 0 Å². The zero-order chi connectivity index (χ0) is 13.7. The lowest BCUT2D eigenvalue weighted by molar-refractivity contribution is -0.124. The lowest BCUT2D eigenvalue weighted by Crippen LogP contribution is -2.36. The molecular formula is C10H14FN3O3S. The molecule has 0 aliphatic heterocycles. The number of hydrogen-bond acceptors (Lipinski definition) is 4. The maximum absolute atomic E-state index is 13.0. The number of rotatable bonds is 3. The van der Waals surface area contributed by atoms with Crippen LogP contribution in [0.2, 0.25) is 0 Å². The highest BCUT2D eigenvalue weighted by molar-refractivity contribution is 7.90. The Hall–Kier alpha value is -1.44. The standard InChI is InChI=1S/C10H14FN3O3S/c1-6-7(5-14(3)12-6)18(16,17)13-9(15)10(2)4-8(10)11/h5,8H,4H2,1-3H3,(H,13,15). The van der Waals surface area contributed by atoms with E-state index in [-0.39, 0.29) is 17.0 Å². The van der Waals surface area contributed by atoms with Gasteiger partial charge >= 0.3 is 0 Å². The predicted octanol–water partition coefficient (Wildman–Crippen LogP) is 0.282. The first-order chi connectivity index (χ1) is 8.17. The molecule has 1 amide bonds. The fourth-order valence-corrected chi connectivity index (χ4v) is 2.99. The van der Waals surface area contributed by atoms with Crippen LogP contribution in [0.1, 0.15) is 19.0 Å². The van der Waals surface area contributed by atoms with E-state index in [0.717, 1.165) is 0 Å². The molecule has 0 spiro atoms. The van der Waals surface area contributed by atoms with E-state index < -0.39 is 27.5 Å². The molecular weight excluding hydrogens is 261 g/mol. The molecule has 18 heavy (non-hydrogen) atoms. The van der Waals surface area contributed by atoms with Crippen LogP contribution in [0.5, 0.6) is 0 Å². The molecule has 2 atom stereocenters. The van der Waals surface area contributed by atoms with E-state index in [4.69, 9.17) is 0 Å².